The molecule has 0 saturated heterocycles. The Bertz CT molecular complexity index is 657. The smallest absolute Gasteiger partial charge is 0.310 e. The fourth-order valence-corrected chi connectivity index (χ4v) is 1.89. The number of aromatic hydroxyl groups is 2. The zero-order chi connectivity index (χ0) is 14.9. The molecule has 0 fully saturated rings. The summed E-state index contributed by atoms with van der Waals surface area (Å²) in [7, 11) is 0. The number of phenolic OH excluding ortho intramolecular Hbond substituents is 2. The predicted molar refractivity (Wildman–Crippen MR) is 68.0 cm³/mol. The highest BCUT2D eigenvalue weighted by atomic mass is 16.4. The van der Waals surface area contributed by atoms with Crippen LogP contribution in [0, 0.1) is 0 Å². The first-order valence-electron chi connectivity index (χ1n) is 5.77. The van der Waals surface area contributed by atoms with E-state index in [9.17, 15) is 19.8 Å². The topological polar surface area (TPSA) is 108 Å². The van der Waals surface area contributed by atoms with E-state index in [1.807, 2.05) is 0 Å². The Hall–Kier alpha value is -2.76. The molecule has 2 rings (SSSR count). The van der Waals surface area contributed by atoms with Crippen LogP contribution in [0.15, 0.2) is 35.1 Å². The van der Waals surface area contributed by atoms with E-state index in [4.69, 9.17) is 9.52 Å². The summed E-state index contributed by atoms with van der Waals surface area (Å²) >= 11 is 0. The number of carboxylic acids is 1. The van der Waals surface area contributed by atoms with Gasteiger partial charge in [-0.1, -0.05) is 0 Å². The zero-order valence-corrected chi connectivity index (χ0v) is 10.5. The number of carbonyl (C=O) groups is 2. The second kappa shape index (κ2) is 5.08. The normalized spacial score (nSPS) is 12.1. The molecule has 1 atom stereocenters. The fraction of sp³-hybridized carbons (Fsp3) is 0.143. The van der Waals surface area contributed by atoms with Crippen LogP contribution >= 0.6 is 0 Å². The minimum absolute atomic E-state index is 0.0428. The molecule has 1 aromatic carbocycles. The molecule has 0 aliphatic heterocycles. The maximum Gasteiger partial charge on any atom is 0.310 e. The van der Waals surface area contributed by atoms with Crippen molar-refractivity contribution in [3.63, 3.8) is 0 Å². The maximum atomic E-state index is 12.3. The Labute approximate surface area is 113 Å². The number of hydrogen-bond acceptors (Lipinski definition) is 5. The van der Waals surface area contributed by atoms with Crippen molar-refractivity contribution in [2.75, 3.05) is 0 Å². The highest BCUT2D eigenvalue weighted by molar-refractivity contribution is 6.12. The summed E-state index contributed by atoms with van der Waals surface area (Å²) in [5.41, 5.74) is 0.0742. The predicted octanol–water partition coefficient (Wildman–Crippen LogP) is 2.11. The van der Waals surface area contributed by atoms with Gasteiger partial charge in [0.2, 0.25) is 0 Å². The number of carboxylic acid groups (broad SMARTS) is 1. The van der Waals surface area contributed by atoms with Crippen LogP contribution in [0.2, 0.25) is 0 Å². The summed E-state index contributed by atoms with van der Waals surface area (Å²) in [5, 5.41) is 28.4. The molecule has 20 heavy (non-hydrogen) atoms. The molecule has 0 saturated carbocycles. The lowest BCUT2D eigenvalue weighted by molar-refractivity contribution is -0.138. The lowest BCUT2D eigenvalue weighted by Crippen LogP contribution is -2.13. The van der Waals surface area contributed by atoms with E-state index in [1.165, 1.54) is 25.5 Å². The van der Waals surface area contributed by atoms with E-state index in [-0.39, 0.29) is 22.4 Å². The molecular formula is C14H12O6. The van der Waals surface area contributed by atoms with Crippen molar-refractivity contribution in [3.8, 4) is 11.5 Å². The molecule has 0 bridgehead atoms. The third-order valence-corrected chi connectivity index (χ3v) is 2.98. The number of ketones is 1. The van der Waals surface area contributed by atoms with Crippen molar-refractivity contribution >= 4 is 11.8 Å². The first-order chi connectivity index (χ1) is 9.41. The van der Waals surface area contributed by atoms with Gasteiger partial charge < -0.3 is 19.7 Å². The Kier molecular flexibility index (Phi) is 3.47. The molecule has 0 aliphatic carbocycles. The van der Waals surface area contributed by atoms with Crippen molar-refractivity contribution in [2.45, 2.75) is 12.8 Å². The van der Waals surface area contributed by atoms with Crippen molar-refractivity contribution in [2.24, 2.45) is 0 Å². The van der Waals surface area contributed by atoms with E-state index < -0.39 is 23.4 Å². The Morgan fingerprint density at radius 3 is 2.50 bits per heavy atom. The second-order valence-corrected chi connectivity index (χ2v) is 4.33. The van der Waals surface area contributed by atoms with Gasteiger partial charge in [-0.25, -0.2) is 0 Å². The average Bonchev–Trinajstić information content (AvgIpc) is 2.89. The molecule has 0 amide bonds. The molecule has 6 nitrogen and oxygen atoms in total. The van der Waals surface area contributed by atoms with Crippen LogP contribution in [-0.4, -0.2) is 27.1 Å². The van der Waals surface area contributed by atoms with E-state index in [2.05, 4.69) is 0 Å². The van der Waals surface area contributed by atoms with Crippen LogP contribution in [0.1, 0.15) is 34.3 Å². The Morgan fingerprint density at radius 1 is 1.25 bits per heavy atom. The van der Waals surface area contributed by atoms with Gasteiger partial charge in [-0.05, 0) is 24.6 Å². The Morgan fingerprint density at radius 2 is 1.95 bits per heavy atom. The number of hydrogen-bond donors (Lipinski definition) is 3. The van der Waals surface area contributed by atoms with Gasteiger partial charge in [0.25, 0.3) is 0 Å². The standard InChI is InChI=1S/C14H12O6/c1-7(14(18)19)10-4-9(15)5-11(16)12(10)13(17)8-2-3-20-6-8/h2-7,15-16H,1H3,(H,18,19). The number of phenols is 2. The number of rotatable bonds is 4. The molecule has 6 heteroatoms. The van der Waals surface area contributed by atoms with Gasteiger partial charge in [0.15, 0.2) is 5.78 Å². The summed E-state index contributed by atoms with van der Waals surface area (Å²) in [6.07, 6.45) is 2.49. The molecule has 1 unspecified atom stereocenters. The van der Waals surface area contributed by atoms with Crippen molar-refractivity contribution in [1.82, 2.24) is 0 Å². The Balaban J connectivity index is 2.62. The fourth-order valence-electron chi connectivity index (χ4n) is 1.89. The van der Waals surface area contributed by atoms with Gasteiger partial charge >= 0.3 is 5.97 Å². The van der Waals surface area contributed by atoms with Gasteiger partial charge in [0.05, 0.1) is 23.3 Å². The van der Waals surface area contributed by atoms with E-state index in [0.717, 1.165) is 12.1 Å². The van der Waals surface area contributed by atoms with Gasteiger partial charge in [-0.2, -0.15) is 0 Å². The van der Waals surface area contributed by atoms with Gasteiger partial charge in [-0.15, -0.1) is 0 Å². The highest BCUT2D eigenvalue weighted by Crippen LogP contribution is 2.33. The average molecular weight is 276 g/mol. The molecule has 104 valence electrons. The number of furan rings is 1. The van der Waals surface area contributed by atoms with E-state index in [1.54, 1.807) is 0 Å². The molecule has 1 aromatic heterocycles. The van der Waals surface area contributed by atoms with Crippen molar-refractivity contribution < 1.29 is 29.3 Å². The lowest BCUT2D eigenvalue weighted by atomic mass is 9.90. The maximum absolute atomic E-state index is 12.3. The monoisotopic (exact) mass is 276 g/mol. The van der Waals surface area contributed by atoms with Gasteiger partial charge in [-0.3, -0.25) is 9.59 Å². The summed E-state index contributed by atoms with van der Waals surface area (Å²) in [5.74, 6) is -3.58. The molecule has 3 N–H and O–H groups in total. The van der Waals surface area contributed by atoms with Crippen LogP contribution in [0.5, 0.6) is 11.5 Å². The third-order valence-electron chi connectivity index (χ3n) is 2.98. The molecular weight excluding hydrogens is 264 g/mol. The highest BCUT2D eigenvalue weighted by Gasteiger charge is 2.26. The molecule has 0 radical (unpaired) electrons. The summed E-state index contributed by atoms with van der Waals surface area (Å²) in [6, 6.07) is 3.56. The zero-order valence-electron chi connectivity index (χ0n) is 10.5. The SMILES string of the molecule is CC(C(=O)O)c1cc(O)cc(O)c1C(=O)c1ccoc1. The van der Waals surface area contributed by atoms with Gasteiger partial charge in [0.1, 0.15) is 17.8 Å². The molecule has 0 aliphatic rings. The molecule has 2 aromatic rings. The van der Waals surface area contributed by atoms with Crippen LogP contribution in [0.4, 0.5) is 0 Å². The van der Waals surface area contributed by atoms with E-state index in [0.29, 0.717) is 0 Å². The summed E-state index contributed by atoms with van der Waals surface area (Å²) in [4.78, 5) is 23.4. The number of benzene rings is 1. The van der Waals surface area contributed by atoms with Crippen LogP contribution < -0.4 is 0 Å². The van der Waals surface area contributed by atoms with Crippen LogP contribution in [-0.2, 0) is 4.79 Å². The minimum atomic E-state index is -1.17. The van der Waals surface area contributed by atoms with Crippen molar-refractivity contribution in [3.05, 3.63) is 47.4 Å². The number of aliphatic carboxylic acids is 1. The van der Waals surface area contributed by atoms with E-state index >= 15 is 0 Å². The van der Waals surface area contributed by atoms with Crippen LogP contribution in [0.25, 0.3) is 0 Å². The van der Waals surface area contributed by atoms with Gasteiger partial charge in [0, 0.05) is 6.07 Å². The largest absolute Gasteiger partial charge is 0.508 e. The third kappa shape index (κ3) is 2.35. The minimum Gasteiger partial charge on any atom is -0.508 e. The van der Waals surface area contributed by atoms with Crippen LogP contribution in [0.3, 0.4) is 0 Å². The quantitative estimate of drug-likeness (QED) is 0.738. The number of carbonyl (C=O) groups excluding carboxylic acids is 1. The second-order valence-electron chi connectivity index (χ2n) is 4.33. The molecule has 0 spiro atoms. The first-order valence-corrected chi connectivity index (χ1v) is 5.77. The van der Waals surface area contributed by atoms with Crippen molar-refractivity contribution in [1.29, 1.82) is 0 Å². The lowest BCUT2D eigenvalue weighted by Gasteiger charge is -2.14. The summed E-state index contributed by atoms with van der Waals surface area (Å²) in [6.45, 7) is 1.36. The summed E-state index contributed by atoms with van der Waals surface area (Å²) < 4.78 is 4.80. The first kappa shape index (κ1) is 13.7. The molecule has 1 heterocycles.